The van der Waals surface area contributed by atoms with Gasteiger partial charge in [0.05, 0.1) is 38.6 Å². The SMILES string of the molecule is OCCOCCCNC1COCC1O. The fraction of sp³-hybridized carbons (Fsp3) is 1.00. The van der Waals surface area contributed by atoms with Gasteiger partial charge in [-0.2, -0.15) is 0 Å². The Bertz CT molecular complexity index is 145. The lowest BCUT2D eigenvalue weighted by atomic mass is 10.2. The minimum atomic E-state index is -0.381. The van der Waals surface area contributed by atoms with E-state index in [2.05, 4.69) is 5.32 Å². The molecule has 1 aliphatic heterocycles. The average Bonchev–Trinajstić information content (AvgIpc) is 2.58. The zero-order chi connectivity index (χ0) is 10.2. The van der Waals surface area contributed by atoms with Crippen LogP contribution in [0.4, 0.5) is 0 Å². The number of hydrogen-bond acceptors (Lipinski definition) is 5. The lowest BCUT2D eigenvalue weighted by Gasteiger charge is -2.13. The minimum absolute atomic E-state index is 0.0628. The molecular formula is C9H19NO4. The largest absolute Gasteiger partial charge is 0.394 e. The first-order valence-corrected chi connectivity index (χ1v) is 5.02. The van der Waals surface area contributed by atoms with E-state index in [4.69, 9.17) is 14.6 Å². The first kappa shape index (κ1) is 11.9. The number of rotatable bonds is 7. The number of aliphatic hydroxyl groups is 2. The molecule has 1 aliphatic rings. The number of aliphatic hydroxyl groups excluding tert-OH is 2. The number of nitrogens with one attached hydrogen (secondary N) is 1. The van der Waals surface area contributed by atoms with E-state index in [1.54, 1.807) is 0 Å². The fourth-order valence-corrected chi connectivity index (χ4v) is 1.37. The smallest absolute Gasteiger partial charge is 0.0948 e. The van der Waals surface area contributed by atoms with Crippen molar-refractivity contribution in [3.63, 3.8) is 0 Å². The molecule has 0 spiro atoms. The molecule has 0 aromatic heterocycles. The molecule has 3 N–H and O–H groups in total. The second-order valence-electron chi connectivity index (χ2n) is 3.35. The van der Waals surface area contributed by atoms with Crippen molar-refractivity contribution in [2.75, 3.05) is 39.6 Å². The molecule has 1 fully saturated rings. The molecular weight excluding hydrogens is 186 g/mol. The van der Waals surface area contributed by atoms with Crippen molar-refractivity contribution in [2.45, 2.75) is 18.6 Å². The van der Waals surface area contributed by atoms with Crippen LogP contribution in [0.5, 0.6) is 0 Å². The second kappa shape index (κ2) is 7.14. The van der Waals surface area contributed by atoms with Crippen molar-refractivity contribution in [1.29, 1.82) is 0 Å². The Morgan fingerprint density at radius 2 is 2.21 bits per heavy atom. The van der Waals surface area contributed by atoms with E-state index in [1.165, 1.54) is 0 Å². The van der Waals surface area contributed by atoms with Crippen molar-refractivity contribution in [1.82, 2.24) is 5.32 Å². The van der Waals surface area contributed by atoms with Crippen molar-refractivity contribution in [3.05, 3.63) is 0 Å². The standard InChI is InChI=1S/C9H19NO4/c11-3-5-13-4-1-2-10-8-6-14-7-9(8)12/h8-12H,1-7H2. The van der Waals surface area contributed by atoms with E-state index in [9.17, 15) is 5.11 Å². The van der Waals surface area contributed by atoms with Gasteiger partial charge in [-0.1, -0.05) is 0 Å². The molecule has 84 valence electrons. The van der Waals surface area contributed by atoms with Gasteiger partial charge in [0.25, 0.3) is 0 Å². The van der Waals surface area contributed by atoms with Crippen LogP contribution in [-0.4, -0.2) is 61.9 Å². The second-order valence-corrected chi connectivity index (χ2v) is 3.35. The minimum Gasteiger partial charge on any atom is -0.394 e. The maximum absolute atomic E-state index is 9.38. The van der Waals surface area contributed by atoms with Crippen LogP contribution < -0.4 is 5.32 Å². The van der Waals surface area contributed by atoms with E-state index >= 15 is 0 Å². The van der Waals surface area contributed by atoms with Crippen LogP contribution in [0, 0.1) is 0 Å². The van der Waals surface area contributed by atoms with Gasteiger partial charge in [0.15, 0.2) is 0 Å². The predicted octanol–water partition coefficient (Wildman–Crippen LogP) is -1.27. The Morgan fingerprint density at radius 3 is 2.86 bits per heavy atom. The van der Waals surface area contributed by atoms with Crippen molar-refractivity contribution in [2.24, 2.45) is 0 Å². The van der Waals surface area contributed by atoms with E-state index < -0.39 is 0 Å². The first-order chi connectivity index (χ1) is 6.84. The van der Waals surface area contributed by atoms with Gasteiger partial charge in [-0.15, -0.1) is 0 Å². The topological polar surface area (TPSA) is 71.0 Å². The summed E-state index contributed by atoms with van der Waals surface area (Å²) in [6, 6.07) is 0.0628. The molecule has 0 aromatic rings. The summed E-state index contributed by atoms with van der Waals surface area (Å²) in [5.74, 6) is 0. The molecule has 0 aromatic carbocycles. The molecule has 14 heavy (non-hydrogen) atoms. The van der Waals surface area contributed by atoms with Crippen molar-refractivity contribution >= 4 is 0 Å². The lowest BCUT2D eigenvalue weighted by molar-refractivity contribution is 0.0891. The van der Waals surface area contributed by atoms with Crippen LogP contribution in [-0.2, 0) is 9.47 Å². The Kier molecular flexibility index (Phi) is 6.05. The molecule has 5 nitrogen and oxygen atoms in total. The maximum Gasteiger partial charge on any atom is 0.0948 e. The Hall–Kier alpha value is -0.200. The van der Waals surface area contributed by atoms with Gasteiger partial charge in [0, 0.05) is 6.61 Å². The highest BCUT2D eigenvalue weighted by Gasteiger charge is 2.24. The lowest BCUT2D eigenvalue weighted by Crippen LogP contribution is -2.39. The molecule has 0 aliphatic carbocycles. The van der Waals surface area contributed by atoms with Gasteiger partial charge in [-0.05, 0) is 13.0 Å². The number of hydrogen-bond donors (Lipinski definition) is 3. The van der Waals surface area contributed by atoms with E-state index in [1.807, 2.05) is 0 Å². The fourth-order valence-electron chi connectivity index (χ4n) is 1.37. The molecule has 0 saturated carbocycles. The van der Waals surface area contributed by atoms with Crippen LogP contribution in [0.3, 0.4) is 0 Å². The monoisotopic (exact) mass is 205 g/mol. The third-order valence-corrected chi connectivity index (χ3v) is 2.16. The van der Waals surface area contributed by atoms with Gasteiger partial charge < -0.3 is 25.0 Å². The van der Waals surface area contributed by atoms with Crippen LogP contribution >= 0.6 is 0 Å². The van der Waals surface area contributed by atoms with Gasteiger partial charge in [0.1, 0.15) is 0 Å². The summed E-state index contributed by atoms with van der Waals surface area (Å²) in [6.45, 7) is 2.92. The zero-order valence-corrected chi connectivity index (χ0v) is 8.32. The van der Waals surface area contributed by atoms with Crippen LogP contribution in [0.1, 0.15) is 6.42 Å². The van der Waals surface area contributed by atoms with E-state index in [-0.39, 0.29) is 18.8 Å². The molecule has 0 amide bonds. The highest BCUT2D eigenvalue weighted by molar-refractivity contribution is 4.80. The zero-order valence-electron chi connectivity index (χ0n) is 8.32. The van der Waals surface area contributed by atoms with Crippen molar-refractivity contribution in [3.8, 4) is 0 Å². The third-order valence-electron chi connectivity index (χ3n) is 2.16. The van der Waals surface area contributed by atoms with Crippen LogP contribution in [0.25, 0.3) is 0 Å². The van der Waals surface area contributed by atoms with Gasteiger partial charge >= 0.3 is 0 Å². The highest BCUT2D eigenvalue weighted by Crippen LogP contribution is 2.04. The predicted molar refractivity (Wildman–Crippen MR) is 51.1 cm³/mol. The normalized spacial score (nSPS) is 27.0. The van der Waals surface area contributed by atoms with E-state index in [0.717, 1.165) is 13.0 Å². The molecule has 2 unspecified atom stereocenters. The molecule has 1 heterocycles. The molecule has 1 rings (SSSR count). The molecule has 1 saturated heterocycles. The van der Waals surface area contributed by atoms with E-state index in [0.29, 0.717) is 26.4 Å². The summed E-state index contributed by atoms with van der Waals surface area (Å²) in [4.78, 5) is 0. The van der Waals surface area contributed by atoms with Crippen molar-refractivity contribution < 1.29 is 19.7 Å². The average molecular weight is 205 g/mol. The van der Waals surface area contributed by atoms with Gasteiger partial charge in [0.2, 0.25) is 0 Å². The summed E-state index contributed by atoms with van der Waals surface area (Å²) in [5.41, 5.74) is 0. The Morgan fingerprint density at radius 1 is 1.36 bits per heavy atom. The Labute approximate surface area is 84.0 Å². The van der Waals surface area contributed by atoms with Gasteiger partial charge in [-0.3, -0.25) is 0 Å². The quantitative estimate of drug-likeness (QED) is 0.452. The Balaban J connectivity index is 1.88. The number of ether oxygens (including phenoxy) is 2. The third kappa shape index (κ3) is 4.34. The summed E-state index contributed by atoms with van der Waals surface area (Å²) in [7, 11) is 0. The molecule has 0 bridgehead atoms. The van der Waals surface area contributed by atoms with Crippen LogP contribution in [0.2, 0.25) is 0 Å². The molecule has 2 atom stereocenters. The summed E-state index contributed by atoms with van der Waals surface area (Å²) >= 11 is 0. The summed E-state index contributed by atoms with van der Waals surface area (Å²) in [5, 5.41) is 21.0. The highest BCUT2D eigenvalue weighted by atomic mass is 16.5. The van der Waals surface area contributed by atoms with Gasteiger partial charge in [-0.25, -0.2) is 0 Å². The summed E-state index contributed by atoms with van der Waals surface area (Å²) < 4.78 is 10.2. The van der Waals surface area contributed by atoms with Crippen LogP contribution in [0.15, 0.2) is 0 Å². The summed E-state index contributed by atoms with van der Waals surface area (Å²) in [6.07, 6.45) is 0.497. The molecule has 0 radical (unpaired) electrons. The molecule has 5 heteroatoms. The first-order valence-electron chi connectivity index (χ1n) is 5.02. The maximum atomic E-state index is 9.38.